The fourth-order valence-electron chi connectivity index (χ4n) is 2.38. The van der Waals surface area contributed by atoms with Gasteiger partial charge in [0.1, 0.15) is 5.75 Å². The van der Waals surface area contributed by atoms with Crippen LogP contribution in [0.2, 0.25) is 0 Å². The van der Waals surface area contributed by atoms with Gasteiger partial charge in [-0.1, -0.05) is 44.2 Å². The summed E-state index contributed by atoms with van der Waals surface area (Å²) in [6.07, 6.45) is 1.04. The van der Waals surface area contributed by atoms with Crippen LogP contribution >= 0.6 is 0 Å². The van der Waals surface area contributed by atoms with Gasteiger partial charge >= 0.3 is 0 Å². The van der Waals surface area contributed by atoms with Gasteiger partial charge in [-0.25, -0.2) is 0 Å². The number of hydrogen-bond donors (Lipinski definition) is 2. The van der Waals surface area contributed by atoms with E-state index >= 15 is 0 Å². The summed E-state index contributed by atoms with van der Waals surface area (Å²) in [5.74, 6) is 1.46. The van der Waals surface area contributed by atoms with Gasteiger partial charge < -0.3 is 15.4 Å². The topological polar surface area (TPSA) is 50.4 Å². The van der Waals surface area contributed by atoms with E-state index in [1.807, 2.05) is 61.5 Å². The lowest BCUT2D eigenvalue weighted by Crippen LogP contribution is -2.32. The van der Waals surface area contributed by atoms with Gasteiger partial charge in [0.05, 0.1) is 19.2 Å². The van der Waals surface area contributed by atoms with Crippen LogP contribution in [0.1, 0.15) is 38.8 Å². The molecule has 134 valence electrons. The molecule has 0 aliphatic rings. The maximum Gasteiger partial charge on any atom is 0.239 e. The average Bonchev–Trinajstić information content (AvgIpc) is 2.61. The highest BCUT2D eigenvalue weighted by Crippen LogP contribution is 2.16. The SMILES string of the molecule is CC(C)CCOc1ccc(NCC(=O)NC(C)c2ccccc2)cc1. The zero-order valence-corrected chi connectivity index (χ0v) is 15.3. The summed E-state index contributed by atoms with van der Waals surface area (Å²) in [6.45, 7) is 7.31. The van der Waals surface area contributed by atoms with Crippen LogP contribution in [0.4, 0.5) is 5.69 Å². The highest BCUT2D eigenvalue weighted by atomic mass is 16.5. The first kappa shape index (κ1) is 18.8. The first-order valence-electron chi connectivity index (χ1n) is 8.85. The maximum absolute atomic E-state index is 12.1. The molecule has 0 heterocycles. The molecule has 25 heavy (non-hydrogen) atoms. The van der Waals surface area contributed by atoms with Gasteiger partial charge in [-0.15, -0.1) is 0 Å². The fourth-order valence-corrected chi connectivity index (χ4v) is 2.38. The summed E-state index contributed by atoms with van der Waals surface area (Å²) in [5.41, 5.74) is 2.00. The molecule has 0 aliphatic carbocycles. The highest BCUT2D eigenvalue weighted by molar-refractivity contribution is 5.81. The van der Waals surface area contributed by atoms with E-state index in [9.17, 15) is 4.79 Å². The lowest BCUT2D eigenvalue weighted by molar-refractivity contribution is -0.120. The molecule has 0 spiro atoms. The summed E-state index contributed by atoms with van der Waals surface area (Å²) in [6, 6.07) is 17.6. The van der Waals surface area contributed by atoms with Crippen LogP contribution in [0, 0.1) is 5.92 Å². The minimum absolute atomic E-state index is 0.00719. The second kappa shape index (κ2) is 9.72. The van der Waals surface area contributed by atoms with Crippen LogP contribution in [-0.2, 0) is 4.79 Å². The second-order valence-electron chi connectivity index (χ2n) is 6.61. The molecule has 0 bridgehead atoms. The largest absolute Gasteiger partial charge is 0.494 e. The molecule has 1 atom stereocenters. The van der Waals surface area contributed by atoms with Crippen molar-refractivity contribution in [1.29, 1.82) is 0 Å². The zero-order valence-electron chi connectivity index (χ0n) is 15.3. The molecule has 2 rings (SSSR count). The third kappa shape index (κ3) is 6.87. The van der Waals surface area contributed by atoms with Crippen molar-refractivity contribution in [3.05, 3.63) is 60.2 Å². The molecule has 1 amide bonds. The van der Waals surface area contributed by atoms with Gasteiger partial charge in [0.15, 0.2) is 0 Å². The quantitative estimate of drug-likeness (QED) is 0.711. The Morgan fingerprint density at radius 2 is 1.68 bits per heavy atom. The van der Waals surface area contributed by atoms with Crippen molar-refractivity contribution in [2.45, 2.75) is 33.2 Å². The number of hydrogen-bond acceptors (Lipinski definition) is 3. The fraction of sp³-hybridized carbons (Fsp3) is 0.381. The Balaban J connectivity index is 1.74. The smallest absolute Gasteiger partial charge is 0.239 e. The molecule has 0 saturated carbocycles. The van der Waals surface area contributed by atoms with E-state index < -0.39 is 0 Å². The van der Waals surface area contributed by atoms with Gasteiger partial charge in [0.25, 0.3) is 0 Å². The standard InChI is InChI=1S/C21H28N2O2/c1-16(2)13-14-25-20-11-9-19(10-12-20)22-15-21(24)23-17(3)18-7-5-4-6-8-18/h4-12,16-17,22H,13-15H2,1-3H3,(H,23,24). The van der Waals surface area contributed by atoms with Gasteiger partial charge in [0.2, 0.25) is 5.91 Å². The van der Waals surface area contributed by atoms with Crippen molar-refractivity contribution >= 4 is 11.6 Å². The third-order valence-corrected chi connectivity index (χ3v) is 3.95. The predicted molar refractivity (Wildman–Crippen MR) is 103 cm³/mol. The van der Waals surface area contributed by atoms with Gasteiger partial charge in [-0.2, -0.15) is 0 Å². The van der Waals surface area contributed by atoms with E-state index in [1.54, 1.807) is 0 Å². The highest BCUT2D eigenvalue weighted by Gasteiger charge is 2.08. The summed E-state index contributed by atoms with van der Waals surface area (Å²) in [7, 11) is 0. The van der Waals surface area contributed by atoms with E-state index in [0.29, 0.717) is 5.92 Å². The third-order valence-electron chi connectivity index (χ3n) is 3.95. The lowest BCUT2D eigenvalue weighted by Gasteiger charge is -2.15. The number of amides is 1. The molecular formula is C21H28N2O2. The van der Waals surface area contributed by atoms with Crippen molar-refractivity contribution in [2.75, 3.05) is 18.5 Å². The number of carbonyl (C=O) groups excluding carboxylic acids is 1. The molecule has 4 heteroatoms. The second-order valence-corrected chi connectivity index (χ2v) is 6.61. The van der Waals surface area contributed by atoms with E-state index in [0.717, 1.165) is 30.0 Å². The number of nitrogens with one attached hydrogen (secondary N) is 2. The van der Waals surface area contributed by atoms with Crippen LogP contribution in [0.25, 0.3) is 0 Å². The maximum atomic E-state index is 12.1. The van der Waals surface area contributed by atoms with Crippen molar-refractivity contribution in [2.24, 2.45) is 5.92 Å². The molecule has 0 aromatic heterocycles. The molecule has 0 aliphatic heterocycles. The Labute approximate surface area is 150 Å². The molecule has 4 nitrogen and oxygen atoms in total. The molecule has 2 aromatic rings. The Bertz CT molecular complexity index is 639. The van der Waals surface area contributed by atoms with E-state index in [-0.39, 0.29) is 18.5 Å². The monoisotopic (exact) mass is 340 g/mol. The minimum atomic E-state index is -0.0337. The number of carbonyl (C=O) groups is 1. The Hall–Kier alpha value is -2.49. The molecule has 0 saturated heterocycles. The number of anilines is 1. The van der Waals surface area contributed by atoms with E-state index in [2.05, 4.69) is 24.5 Å². The van der Waals surface area contributed by atoms with Crippen LogP contribution < -0.4 is 15.4 Å². The molecular weight excluding hydrogens is 312 g/mol. The van der Waals surface area contributed by atoms with Gasteiger partial charge in [-0.3, -0.25) is 4.79 Å². The first-order chi connectivity index (χ1) is 12.0. The Kier molecular flexibility index (Phi) is 7.33. The summed E-state index contributed by atoms with van der Waals surface area (Å²) in [5, 5.41) is 6.13. The molecule has 1 unspecified atom stereocenters. The molecule has 2 N–H and O–H groups in total. The van der Waals surface area contributed by atoms with Crippen LogP contribution in [0.3, 0.4) is 0 Å². The normalized spacial score (nSPS) is 11.8. The van der Waals surface area contributed by atoms with E-state index in [1.165, 1.54) is 0 Å². The van der Waals surface area contributed by atoms with E-state index in [4.69, 9.17) is 4.74 Å². The lowest BCUT2D eigenvalue weighted by atomic mass is 10.1. The van der Waals surface area contributed by atoms with Crippen molar-refractivity contribution in [3.8, 4) is 5.75 Å². The van der Waals surface area contributed by atoms with Gasteiger partial charge in [0, 0.05) is 5.69 Å². The minimum Gasteiger partial charge on any atom is -0.494 e. The first-order valence-corrected chi connectivity index (χ1v) is 8.85. The molecule has 0 radical (unpaired) electrons. The van der Waals surface area contributed by atoms with Crippen LogP contribution in [0.15, 0.2) is 54.6 Å². The summed E-state index contributed by atoms with van der Waals surface area (Å²) < 4.78 is 5.69. The Morgan fingerprint density at radius 3 is 2.32 bits per heavy atom. The number of benzene rings is 2. The number of rotatable bonds is 9. The van der Waals surface area contributed by atoms with Crippen molar-refractivity contribution in [3.63, 3.8) is 0 Å². The van der Waals surface area contributed by atoms with Crippen molar-refractivity contribution in [1.82, 2.24) is 5.32 Å². The number of ether oxygens (including phenoxy) is 1. The van der Waals surface area contributed by atoms with Gasteiger partial charge in [-0.05, 0) is 49.1 Å². The average molecular weight is 340 g/mol. The van der Waals surface area contributed by atoms with Crippen molar-refractivity contribution < 1.29 is 9.53 Å². The van der Waals surface area contributed by atoms with Crippen LogP contribution in [0.5, 0.6) is 5.75 Å². The molecule has 0 fully saturated rings. The summed E-state index contributed by atoms with van der Waals surface area (Å²) >= 11 is 0. The zero-order chi connectivity index (χ0) is 18.1. The predicted octanol–water partition coefficient (Wildman–Crippen LogP) is 4.40. The molecule has 2 aromatic carbocycles. The van der Waals surface area contributed by atoms with Crippen LogP contribution in [-0.4, -0.2) is 19.1 Å². The summed E-state index contributed by atoms with van der Waals surface area (Å²) in [4.78, 5) is 12.1. The Morgan fingerprint density at radius 1 is 1.00 bits per heavy atom.